The normalized spacial score (nSPS) is 17.7. The number of hydrogen-bond donors (Lipinski definition) is 1. The minimum absolute atomic E-state index is 0. The second-order valence-corrected chi connectivity index (χ2v) is 10.3. The average Bonchev–Trinajstić information content (AvgIpc) is 3.55. The predicted molar refractivity (Wildman–Crippen MR) is 149 cm³/mol. The van der Waals surface area contributed by atoms with E-state index in [9.17, 15) is 9.59 Å². The van der Waals surface area contributed by atoms with Gasteiger partial charge in [-0.3, -0.25) is 9.59 Å². The number of ether oxygens (including phenoxy) is 2. The highest BCUT2D eigenvalue weighted by Crippen LogP contribution is 2.31. The van der Waals surface area contributed by atoms with Crippen molar-refractivity contribution < 1.29 is 19.1 Å². The first-order valence-electron chi connectivity index (χ1n) is 13.6. The van der Waals surface area contributed by atoms with Gasteiger partial charge in [-0.05, 0) is 71.0 Å². The average molecular weight is 535 g/mol. The van der Waals surface area contributed by atoms with Crippen LogP contribution in [0.2, 0.25) is 0 Å². The molecular weight excluding hydrogens is 492 g/mol. The third kappa shape index (κ3) is 6.98. The smallest absolute Gasteiger partial charge is 0.271 e. The molecule has 3 heterocycles. The lowest BCUT2D eigenvalue weighted by Gasteiger charge is -2.37. The Morgan fingerprint density at radius 3 is 2.62 bits per heavy atom. The van der Waals surface area contributed by atoms with Crippen molar-refractivity contribution in [2.24, 2.45) is 0 Å². The van der Waals surface area contributed by atoms with Gasteiger partial charge in [-0.15, -0.1) is 12.4 Å². The van der Waals surface area contributed by atoms with Gasteiger partial charge in [-0.25, -0.2) is 0 Å². The van der Waals surface area contributed by atoms with Crippen LogP contribution in [0.1, 0.15) is 62.9 Å². The fourth-order valence-corrected chi connectivity index (χ4v) is 5.55. The summed E-state index contributed by atoms with van der Waals surface area (Å²) >= 11 is 0. The molecule has 2 aliphatic rings. The Hall–Kier alpha value is -2.29. The Labute approximate surface area is 227 Å². The van der Waals surface area contributed by atoms with E-state index in [1.165, 1.54) is 0 Å². The van der Waals surface area contributed by atoms with E-state index in [1.54, 1.807) is 7.11 Å². The van der Waals surface area contributed by atoms with Gasteiger partial charge in [0.05, 0.1) is 5.52 Å². The molecule has 2 aromatic rings. The van der Waals surface area contributed by atoms with E-state index >= 15 is 0 Å². The summed E-state index contributed by atoms with van der Waals surface area (Å²) in [6, 6.07) is 8.14. The maximum atomic E-state index is 14.1. The van der Waals surface area contributed by atoms with Crippen molar-refractivity contribution in [2.75, 3.05) is 46.5 Å². The Morgan fingerprint density at radius 2 is 1.95 bits per heavy atom. The molecule has 206 valence electrons. The highest BCUT2D eigenvalue weighted by Gasteiger charge is 2.31. The van der Waals surface area contributed by atoms with Crippen LogP contribution in [0, 0.1) is 0 Å². The number of hydrogen-bond acceptors (Lipinski definition) is 5. The Bertz CT molecular complexity index is 1030. The van der Waals surface area contributed by atoms with Crippen LogP contribution >= 0.6 is 12.4 Å². The molecule has 1 aromatic carbocycles. The minimum atomic E-state index is 0. The quantitative estimate of drug-likeness (QED) is 0.439. The lowest BCUT2D eigenvalue weighted by molar-refractivity contribution is -0.132. The van der Waals surface area contributed by atoms with Crippen molar-refractivity contribution >= 4 is 35.1 Å². The summed E-state index contributed by atoms with van der Waals surface area (Å²) in [5.74, 6) is 0.733. The van der Waals surface area contributed by atoms with E-state index in [2.05, 4.69) is 23.7 Å². The Balaban J connectivity index is 0.00000380. The van der Waals surface area contributed by atoms with Gasteiger partial charge in [0.25, 0.3) is 11.8 Å². The molecule has 9 heteroatoms. The number of fused-ring (bicyclic) bond motifs is 1. The molecule has 37 heavy (non-hydrogen) atoms. The van der Waals surface area contributed by atoms with Gasteiger partial charge in [0.15, 0.2) is 6.61 Å². The Kier molecular flexibility index (Phi) is 11.1. The topological polar surface area (TPSA) is 76.0 Å². The van der Waals surface area contributed by atoms with E-state index in [1.807, 2.05) is 34.1 Å². The summed E-state index contributed by atoms with van der Waals surface area (Å²) in [7, 11) is 1.71. The number of amides is 2. The number of piperidine rings is 1. The van der Waals surface area contributed by atoms with Gasteiger partial charge >= 0.3 is 0 Å². The monoisotopic (exact) mass is 534 g/mol. The van der Waals surface area contributed by atoms with Gasteiger partial charge < -0.3 is 29.2 Å². The molecule has 1 atom stereocenters. The van der Waals surface area contributed by atoms with Crippen LogP contribution in [0.15, 0.2) is 24.3 Å². The standard InChI is InChI=1S/C28H42N4O4.ClH/c1-21(2)32(23-11-9-13-29-19-23)28(34)24-18-22-10-8-12-25(27(22)31(24)16-6-7-17-35-3)36-20-26(33)30-14-4-5-15-30;/h8,10,12,18,21,23,29H,4-7,9,11,13-17,19-20H2,1-3H3;1H/t23-;/m1./s1. The summed E-state index contributed by atoms with van der Waals surface area (Å²) < 4.78 is 13.5. The highest BCUT2D eigenvalue weighted by molar-refractivity contribution is 6.00. The number of carbonyl (C=O) groups excluding carboxylic acids is 2. The minimum Gasteiger partial charge on any atom is -0.482 e. The maximum absolute atomic E-state index is 14.1. The molecule has 0 aliphatic carbocycles. The molecule has 8 nitrogen and oxygen atoms in total. The molecule has 0 radical (unpaired) electrons. The molecule has 4 rings (SSSR count). The van der Waals surface area contributed by atoms with Crippen LogP contribution in [0.25, 0.3) is 10.9 Å². The molecule has 0 bridgehead atoms. The molecule has 1 N–H and O–H groups in total. The van der Waals surface area contributed by atoms with Crippen molar-refractivity contribution in [3.05, 3.63) is 30.0 Å². The molecule has 1 aromatic heterocycles. The number of nitrogens with one attached hydrogen (secondary N) is 1. The largest absolute Gasteiger partial charge is 0.482 e. The molecule has 2 saturated heterocycles. The number of likely N-dealkylation sites (tertiary alicyclic amines) is 1. The SMILES string of the molecule is COCCCCn1c(C(=O)N(C(C)C)[C@@H]2CCCNC2)cc2cccc(OCC(=O)N3CCCC3)c21.Cl. The van der Waals surface area contributed by atoms with Crippen LogP contribution in [-0.4, -0.2) is 84.8 Å². The highest BCUT2D eigenvalue weighted by atomic mass is 35.5. The van der Waals surface area contributed by atoms with Crippen molar-refractivity contribution in [1.82, 2.24) is 19.7 Å². The lowest BCUT2D eigenvalue weighted by Crippen LogP contribution is -2.52. The van der Waals surface area contributed by atoms with Crippen molar-refractivity contribution in [1.29, 1.82) is 0 Å². The number of rotatable bonds is 11. The molecule has 0 spiro atoms. The van der Waals surface area contributed by atoms with E-state index in [0.717, 1.165) is 75.6 Å². The van der Waals surface area contributed by atoms with Gasteiger partial charge in [0.1, 0.15) is 11.4 Å². The van der Waals surface area contributed by atoms with Crippen LogP contribution in [0.5, 0.6) is 5.75 Å². The zero-order valence-electron chi connectivity index (χ0n) is 22.5. The molecule has 0 unspecified atom stereocenters. The van der Waals surface area contributed by atoms with E-state index < -0.39 is 0 Å². The number of para-hydroxylation sites is 1. The summed E-state index contributed by atoms with van der Waals surface area (Å²) in [4.78, 5) is 30.6. The zero-order chi connectivity index (χ0) is 25.5. The molecule has 0 saturated carbocycles. The number of carbonyl (C=O) groups is 2. The summed E-state index contributed by atoms with van der Waals surface area (Å²) in [5.41, 5.74) is 1.57. The fraction of sp³-hybridized carbons (Fsp3) is 0.643. The van der Waals surface area contributed by atoms with Crippen molar-refractivity contribution in [3.8, 4) is 5.75 Å². The van der Waals surface area contributed by atoms with Gasteiger partial charge in [0.2, 0.25) is 0 Å². The van der Waals surface area contributed by atoms with Gasteiger partial charge in [-0.1, -0.05) is 12.1 Å². The number of unbranched alkanes of at least 4 members (excludes halogenated alkanes) is 1. The van der Waals surface area contributed by atoms with E-state index in [-0.39, 0.29) is 42.9 Å². The molecule has 2 amide bonds. The van der Waals surface area contributed by atoms with Gasteiger partial charge in [0, 0.05) is 57.4 Å². The first-order valence-corrected chi connectivity index (χ1v) is 13.6. The van der Waals surface area contributed by atoms with Crippen molar-refractivity contribution in [3.63, 3.8) is 0 Å². The van der Waals surface area contributed by atoms with Crippen LogP contribution in [-0.2, 0) is 16.1 Å². The van der Waals surface area contributed by atoms with E-state index in [4.69, 9.17) is 9.47 Å². The predicted octanol–water partition coefficient (Wildman–Crippen LogP) is 4.09. The van der Waals surface area contributed by atoms with E-state index in [0.29, 0.717) is 24.6 Å². The first-order chi connectivity index (χ1) is 17.5. The number of methoxy groups -OCH3 is 1. The number of halogens is 1. The van der Waals surface area contributed by atoms with Crippen LogP contribution in [0.4, 0.5) is 0 Å². The second-order valence-electron chi connectivity index (χ2n) is 10.3. The van der Waals surface area contributed by atoms with Crippen molar-refractivity contribution in [2.45, 2.75) is 71.0 Å². The number of aryl methyl sites for hydroxylation is 1. The molecule has 2 fully saturated rings. The fourth-order valence-electron chi connectivity index (χ4n) is 5.55. The Morgan fingerprint density at radius 1 is 1.16 bits per heavy atom. The van der Waals surface area contributed by atoms with Crippen LogP contribution in [0.3, 0.4) is 0 Å². The number of nitrogens with zero attached hydrogens (tertiary/aromatic N) is 3. The maximum Gasteiger partial charge on any atom is 0.271 e. The second kappa shape index (κ2) is 14.0. The van der Waals surface area contributed by atoms with Gasteiger partial charge in [-0.2, -0.15) is 0 Å². The number of aromatic nitrogens is 1. The zero-order valence-corrected chi connectivity index (χ0v) is 23.4. The third-order valence-electron chi connectivity index (χ3n) is 7.35. The molecule has 2 aliphatic heterocycles. The number of benzene rings is 1. The molecular formula is C28H43ClN4O4. The summed E-state index contributed by atoms with van der Waals surface area (Å²) in [6.45, 7) is 9.02. The first kappa shape index (κ1) is 29.3. The third-order valence-corrected chi connectivity index (χ3v) is 7.35. The summed E-state index contributed by atoms with van der Waals surface area (Å²) in [6.07, 6.45) is 5.98. The van der Waals surface area contributed by atoms with Crippen LogP contribution < -0.4 is 10.1 Å². The summed E-state index contributed by atoms with van der Waals surface area (Å²) in [5, 5.41) is 4.41. The lowest BCUT2D eigenvalue weighted by atomic mass is 10.0.